The van der Waals surface area contributed by atoms with Crippen LogP contribution in [0.2, 0.25) is 0 Å². The van der Waals surface area contributed by atoms with Crippen molar-refractivity contribution in [3.8, 4) is 0 Å². The molecule has 4 N–H and O–H groups in total. The monoisotopic (exact) mass is 325 g/mol. The van der Waals surface area contributed by atoms with E-state index in [4.69, 9.17) is 5.73 Å². The van der Waals surface area contributed by atoms with Crippen LogP contribution in [-0.2, 0) is 6.42 Å². The summed E-state index contributed by atoms with van der Waals surface area (Å²) < 4.78 is 0. The smallest absolute Gasteiger partial charge is 0.251 e. The zero-order valence-corrected chi connectivity index (χ0v) is 14.5. The van der Waals surface area contributed by atoms with E-state index in [9.17, 15) is 4.79 Å². The second-order valence-corrected chi connectivity index (χ2v) is 6.13. The Balaban J connectivity index is 1.91. The highest BCUT2D eigenvalue weighted by Crippen LogP contribution is 2.21. The number of rotatable bonds is 8. The van der Waals surface area contributed by atoms with Gasteiger partial charge < -0.3 is 16.4 Å². The topological polar surface area (TPSA) is 67.2 Å². The molecule has 0 aliphatic carbocycles. The predicted molar refractivity (Wildman–Crippen MR) is 101 cm³/mol. The van der Waals surface area contributed by atoms with Gasteiger partial charge in [-0.15, -0.1) is 0 Å². The van der Waals surface area contributed by atoms with Gasteiger partial charge in [-0.1, -0.05) is 37.3 Å². The van der Waals surface area contributed by atoms with Gasteiger partial charge in [-0.05, 0) is 49.9 Å². The summed E-state index contributed by atoms with van der Waals surface area (Å²) in [4.78, 5) is 12.0. The number of nitrogens with two attached hydrogens (primary N) is 1. The zero-order valence-electron chi connectivity index (χ0n) is 14.5. The van der Waals surface area contributed by atoms with Gasteiger partial charge >= 0.3 is 0 Å². The van der Waals surface area contributed by atoms with Crippen LogP contribution in [0, 0.1) is 0 Å². The van der Waals surface area contributed by atoms with Crippen molar-refractivity contribution in [2.45, 2.75) is 39.2 Å². The first-order valence-electron chi connectivity index (χ1n) is 8.58. The largest absolute Gasteiger partial charge is 0.397 e. The molecule has 0 saturated heterocycles. The highest BCUT2D eigenvalue weighted by Gasteiger charge is 2.09. The summed E-state index contributed by atoms with van der Waals surface area (Å²) in [5.41, 5.74) is 9.52. The van der Waals surface area contributed by atoms with Crippen LogP contribution in [0.25, 0.3) is 0 Å². The lowest BCUT2D eigenvalue weighted by atomic mass is 10.1. The van der Waals surface area contributed by atoms with E-state index in [1.165, 1.54) is 5.56 Å². The Morgan fingerprint density at radius 2 is 1.92 bits per heavy atom. The van der Waals surface area contributed by atoms with E-state index in [0.717, 1.165) is 24.9 Å². The highest BCUT2D eigenvalue weighted by atomic mass is 16.1. The Labute approximate surface area is 144 Å². The lowest BCUT2D eigenvalue weighted by Gasteiger charge is -2.17. The van der Waals surface area contributed by atoms with Crippen LogP contribution in [0.5, 0.6) is 0 Å². The van der Waals surface area contributed by atoms with E-state index in [0.29, 0.717) is 23.8 Å². The van der Waals surface area contributed by atoms with Crippen LogP contribution in [0.15, 0.2) is 48.5 Å². The average Bonchev–Trinajstić information content (AvgIpc) is 2.60. The Hall–Kier alpha value is -2.49. The molecule has 0 aliphatic heterocycles. The number of aryl methyl sites for hydroxylation is 1. The fourth-order valence-corrected chi connectivity index (χ4v) is 2.54. The molecule has 24 heavy (non-hydrogen) atoms. The van der Waals surface area contributed by atoms with Crippen molar-refractivity contribution in [1.82, 2.24) is 5.32 Å². The van der Waals surface area contributed by atoms with Crippen LogP contribution in [-0.4, -0.2) is 18.5 Å². The maximum absolute atomic E-state index is 12.0. The third kappa shape index (κ3) is 5.30. The molecule has 0 aliphatic rings. The molecule has 0 unspecified atom stereocenters. The van der Waals surface area contributed by atoms with E-state index >= 15 is 0 Å². The SMILES string of the molecule is CCCNC(=O)c1ccc(N[C@H](C)CCc2ccccc2)c(N)c1. The molecule has 1 atom stereocenters. The summed E-state index contributed by atoms with van der Waals surface area (Å²) in [6, 6.07) is 16.2. The predicted octanol–water partition coefficient (Wildman–Crippen LogP) is 3.84. The van der Waals surface area contributed by atoms with Gasteiger partial charge in [0.1, 0.15) is 0 Å². The summed E-state index contributed by atoms with van der Waals surface area (Å²) in [5.74, 6) is -0.0766. The lowest BCUT2D eigenvalue weighted by molar-refractivity contribution is 0.0953. The lowest BCUT2D eigenvalue weighted by Crippen LogP contribution is -2.24. The van der Waals surface area contributed by atoms with Crippen LogP contribution in [0.4, 0.5) is 11.4 Å². The Kier molecular flexibility index (Phi) is 6.67. The molecule has 0 saturated carbocycles. The first-order valence-corrected chi connectivity index (χ1v) is 8.58. The normalized spacial score (nSPS) is 11.8. The third-order valence-electron chi connectivity index (χ3n) is 3.96. The molecular formula is C20H27N3O. The van der Waals surface area contributed by atoms with Gasteiger partial charge in [0.05, 0.1) is 11.4 Å². The number of carbonyl (C=O) groups excluding carboxylic acids is 1. The van der Waals surface area contributed by atoms with Gasteiger partial charge in [-0.25, -0.2) is 0 Å². The number of hydrogen-bond acceptors (Lipinski definition) is 3. The van der Waals surface area contributed by atoms with Gasteiger partial charge in [0.25, 0.3) is 5.91 Å². The molecule has 1 amide bonds. The number of benzene rings is 2. The van der Waals surface area contributed by atoms with E-state index in [1.807, 2.05) is 25.1 Å². The molecule has 0 spiro atoms. The van der Waals surface area contributed by atoms with Crippen molar-refractivity contribution in [2.24, 2.45) is 0 Å². The molecule has 2 aromatic rings. The Morgan fingerprint density at radius 3 is 2.58 bits per heavy atom. The van der Waals surface area contributed by atoms with Crippen molar-refractivity contribution in [1.29, 1.82) is 0 Å². The number of nitrogens with one attached hydrogen (secondary N) is 2. The fourth-order valence-electron chi connectivity index (χ4n) is 2.54. The minimum atomic E-state index is -0.0766. The summed E-state index contributed by atoms with van der Waals surface area (Å²) in [6.45, 7) is 4.85. The number of amides is 1. The van der Waals surface area contributed by atoms with E-state index in [2.05, 4.69) is 41.8 Å². The third-order valence-corrected chi connectivity index (χ3v) is 3.96. The molecule has 4 nitrogen and oxygen atoms in total. The summed E-state index contributed by atoms with van der Waals surface area (Å²) in [5, 5.41) is 6.29. The Morgan fingerprint density at radius 1 is 1.17 bits per heavy atom. The molecule has 0 fully saturated rings. The van der Waals surface area contributed by atoms with Crippen molar-refractivity contribution >= 4 is 17.3 Å². The summed E-state index contributed by atoms with van der Waals surface area (Å²) in [7, 11) is 0. The average molecular weight is 325 g/mol. The molecule has 0 heterocycles. The minimum absolute atomic E-state index is 0.0766. The molecule has 2 aromatic carbocycles. The molecular weight excluding hydrogens is 298 g/mol. The van der Waals surface area contributed by atoms with E-state index < -0.39 is 0 Å². The van der Waals surface area contributed by atoms with Gasteiger partial charge in [0, 0.05) is 18.2 Å². The van der Waals surface area contributed by atoms with Gasteiger partial charge in [0.15, 0.2) is 0 Å². The minimum Gasteiger partial charge on any atom is -0.397 e. The van der Waals surface area contributed by atoms with Gasteiger partial charge in [-0.2, -0.15) is 0 Å². The maximum Gasteiger partial charge on any atom is 0.251 e. The molecule has 0 aromatic heterocycles. The van der Waals surface area contributed by atoms with Crippen molar-refractivity contribution in [3.05, 3.63) is 59.7 Å². The van der Waals surface area contributed by atoms with Crippen LogP contribution in [0.1, 0.15) is 42.6 Å². The van der Waals surface area contributed by atoms with Crippen LogP contribution >= 0.6 is 0 Å². The maximum atomic E-state index is 12.0. The first-order chi connectivity index (χ1) is 11.6. The van der Waals surface area contributed by atoms with Crippen molar-refractivity contribution in [3.63, 3.8) is 0 Å². The van der Waals surface area contributed by atoms with Gasteiger partial charge in [-0.3, -0.25) is 4.79 Å². The summed E-state index contributed by atoms with van der Waals surface area (Å²) >= 11 is 0. The molecule has 2 rings (SSSR count). The summed E-state index contributed by atoms with van der Waals surface area (Å²) in [6.07, 6.45) is 2.95. The van der Waals surface area contributed by atoms with Gasteiger partial charge in [0.2, 0.25) is 0 Å². The standard InChI is InChI=1S/C20H27N3O/c1-3-13-22-20(24)17-11-12-19(18(21)14-17)23-15(2)9-10-16-7-5-4-6-8-16/h4-8,11-12,14-15,23H,3,9-10,13,21H2,1-2H3,(H,22,24)/t15-/m1/s1. The molecule has 0 radical (unpaired) electrons. The second-order valence-electron chi connectivity index (χ2n) is 6.13. The fraction of sp³-hybridized carbons (Fsp3) is 0.350. The van der Waals surface area contributed by atoms with E-state index in [-0.39, 0.29) is 5.91 Å². The number of hydrogen-bond donors (Lipinski definition) is 3. The molecule has 0 bridgehead atoms. The van der Waals surface area contributed by atoms with Crippen molar-refractivity contribution < 1.29 is 4.79 Å². The van der Waals surface area contributed by atoms with E-state index in [1.54, 1.807) is 6.07 Å². The molecule has 4 heteroatoms. The number of anilines is 2. The molecule has 128 valence electrons. The van der Waals surface area contributed by atoms with Crippen LogP contribution in [0.3, 0.4) is 0 Å². The first kappa shape index (κ1) is 17.9. The Bertz CT molecular complexity index is 655. The number of carbonyl (C=O) groups is 1. The number of nitrogen functional groups attached to an aromatic ring is 1. The second kappa shape index (κ2) is 8.96. The zero-order chi connectivity index (χ0) is 17.4. The van der Waals surface area contributed by atoms with Crippen LogP contribution < -0.4 is 16.4 Å². The quantitative estimate of drug-likeness (QED) is 0.646. The van der Waals surface area contributed by atoms with Crippen molar-refractivity contribution in [2.75, 3.05) is 17.6 Å². The highest BCUT2D eigenvalue weighted by molar-refractivity contribution is 5.96.